The van der Waals surface area contributed by atoms with Crippen molar-refractivity contribution in [1.82, 2.24) is 9.80 Å². The first-order chi connectivity index (χ1) is 20.2. The third-order valence-corrected chi connectivity index (χ3v) is 6.81. The van der Waals surface area contributed by atoms with E-state index in [9.17, 15) is 14.7 Å². The van der Waals surface area contributed by atoms with Crippen LogP contribution in [0, 0.1) is 12.8 Å². The van der Waals surface area contributed by atoms with Crippen LogP contribution in [0.5, 0.6) is 0 Å². The molecule has 1 unspecified atom stereocenters. The number of aliphatic hydroxyl groups excluding tert-OH is 1. The number of carbonyl (C=O) groups is 2. The van der Waals surface area contributed by atoms with Gasteiger partial charge in [-0.1, -0.05) is 43.2 Å². The number of benzene rings is 1. The van der Waals surface area contributed by atoms with Crippen molar-refractivity contribution in [3.8, 4) is 12.8 Å². The molecule has 1 aromatic rings. The van der Waals surface area contributed by atoms with E-state index >= 15 is 0 Å². The zero-order valence-corrected chi connectivity index (χ0v) is 25.6. The van der Waals surface area contributed by atoms with Crippen LogP contribution in [0.15, 0.2) is 53.8 Å². The monoisotopic (exact) mass is 584 g/mol. The first-order valence-corrected chi connectivity index (χ1v) is 14.7. The normalized spacial score (nSPS) is 22.7. The maximum absolute atomic E-state index is 13.5. The molecule has 9 nitrogen and oxygen atoms in total. The van der Waals surface area contributed by atoms with E-state index in [-0.39, 0.29) is 30.4 Å². The minimum atomic E-state index is -1.23. The summed E-state index contributed by atoms with van der Waals surface area (Å²) >= 11 is 0. The molecule has 3 saturated heterocycles. The predicted octanol–water partition coefficient (Wildman–Crippen LogP) is 5.05. The number of fused-ring (bicyclic) bond motifs is 1. The Hall–Kier alpha value is -3.16. The van der Waals surface area contributed by atoms with E-state index in [0.717, 1.165) is 25.2 Å². The van der Waals surface area contributed by atoms with Gasteiger partial charge >= 0.3 is 6.09 Å². The van der Waals surface area contributed by atoms with Gasteiger partial charge in [-0.05, 0) is 64.2 Å². The molecule has 9 heteroatoms. The summed E-state index contributed by atoms with van der Waals surface area (Å²) in [5.41, 5.74) is 0.803. The Bertz CT molecular complexity index is 1030. The second-order valence-corrected chi connectivity index (χ2v) is 11.2. The fourth-order valence-corrected chi connectivity index (χ4v) is 4.90. The van der Waals surface area contributed by atoms with Crippen molar-refractivity contribution in [1.29, 1.82) is 0 Å². The zero-order valence-electron chi connectivity index (χ0n) is 25.6. The molecule has 0 bridgehead atoms. The Balaban J connectivity index is 0.000000590. The third-order valence-electron chi connectivity index (χ3n) is 6.81. The van der Waals surface area contributed by atoms with E-state index in [0.29, 0.717) is 19.6 Å². The van der Waals surface area contributed by atoms with Crippen molar-refractivity contribution in [3.63, 3.8) is 0 Å². The van der Waals surface area contributed by atoms with E-state index in [1.807, 2.05) is 30.3 Å². The van der Waals surface area contributed by atoms with Crippen LogP contribution in [-0.2, 0) is 30.3 Å². The standard InChI is InChI=1S/C25H34N2O6.C6H12O.C2H2/c1-25(2,3)33-24(30)27-20(13-15-31-4)19(12-16-32-17-18-9-6-5-7-10-18)22(28)26-14-8-11-21(26)23(27)29;1-2-4-6-7-5-3-1;1-2/h5-7,9-10,12-13,21,23,29H,8,11,14-17H2,1-4H3;1-6H2;1-2H/b19-12+,20-13+;;/t21-,23?;;/m0../s1. The van der Waals surface area contributed by atoms with Crippen LogP contribution in [0.3, 0.4) is 0 Å². The summed E-state index contributed by atoms with van der Waals surface area (Å²) in [6.07, 6.45) is 16.0. The van der Waals surface area contributed by atoms with Crippen molar-refractivity contribution in [2.45, 2.75) is 83.8 Å². The second-order valence-electron chi connectivity index (χ2n) is 11.2. The maximum Gasteiger partial charge on any atom is 0.417 e. The van der Waals surface area contributed by atoms with Crippen LogP contribution in [0.25, 0.3) is 0 Å². The Kier molecular flexibility index (Phi) is 15.3. The Morgan fingerprint density at radius 2 is 1.71 bits per heavy atom. The third kappa shape index (κ3) is 10.9. The van der Waals surface area contributed by atoms with Crippen LogP contribution >= 0.6 is 0 Å². The molecule has 0 spiro atoms. The molecule has 3 fully saturated rings. The van der Waals surface area contributed by atoms with Crippen molar-refractivity contribution in [2.75, 3.05) is 40.1 Å². The first kappa shape index (κ1) is 35.0. The Morgan fingerprint density at radius 1 is 1.05 bits per heavy atom. The van der Waals surface area contributed by atoms with E-state index in [1.54, 1.807) is 37.8 Å². The van der Waals surface area contributed by atoms with Gasteiger partial charge in [-0.2, -0.15) is 0 Å². The van der Waals surface area contributed by atoms with Crippen molar-refractivity contribution < 1.29 is 33.6 Å². The van der Waals surface area contributed by atoms with Crippen LogP contribution in [0.2, 0.25) is 0 Å². The number of carbonyl (C=O) groups excluding carboxylic acids is 2. The molecule has 0 radical (unpaired) electrons. The van der Waals surface area contributed by atoms with Crippen LogP contribution < -0.4 is 0 Å². The van der Waals surface area contributed by atoms with Gasteiger partial charge < -0.3 is 29.0 Å². The molecule has 0 aromatic heterocycles. The minimum absolute atomic E-state index is 0.154. The Morgan fingerprint density at radius 3 is 2.33 bits per heavy atom. The maximum atomic E-state index is 13.5. The van der Waals surface area contributed by atoms with Gasteiger partial charge in [0.15, 0.2) is 6.23 Å². The van der Waals surface area contributed by atoms with Gasteiger partial charge in [0.1, 0.15) is 5.60 Å². The summed E-state index contributed by atoms with van der Waals surface area (Å²) in [5.74, 6) is -0.242. The fourth-order valence-electron chi connectivity index (χ4n) is 4.90. The van der Waals surface area contributed by atoms with Gasteiger partial charge in [-0.3, -0.25) is 4.79 Å². The largest absolute Gasteiger partial charge is 0.443 e. The highest BCUT2D eigenvalue weighted by atomic mass is 16.6. The van der Waals surface area contributed by atoms with Gasteiger partial charge in [0.25, 0.3) is 5.91 Å². The molecular weight excluding hydrogens is 536 g/mol. The van der Waals surface area contributed by atoms with Gasteiger partial charge in [0, 0.05) is 26.9 Å². The number of hydrogen-bond acceptors (Lipinski definition) is 7. The lowest BCUT2D eigenvalue weighted by Gasteiger charge is -2.33. The number of amides is 2. The highest BCUT2D eigenvalue weighted by Gasteiger charge is 2.46. The average Bonchev–Trinajstić information content (AvgIpc) is 3.23. The summed E-state index contributed by atoms with van der Waals surface area (Å²) in [5, 5.41) is 11.2. The molecule has 4 rings (SSSR count). The molecule has 1 aromatic carbocycles. The minimum Gasteiger partial charge on any atom is -0.443 e. The molecule has 3 aliphatic heterocycles. The van der Waals surface area contributed by atoms with Gasteiger partial charge in [-0.15, -0.1) is 12.8 Å². The molecule has 3 heterocycles. The summed E-state index contributed by atoms with van der Waals surface area (Å²) in [7, 11) is 1.52. The van der Waals surface area contributed by atoms with E-state index in [2.05, 4.69) is 12.8 Å². The topological polar surface area (TPSA) is 97.8 Å². The lowest BCUT2D eigenvalue weighted by molar-refractivity contribution is -0.130. The van der Waals surface area contributed by atoms with Crippen molar-refractivity contribution in [3.05, 3.63) is 59.3 Å². The second kappa shape index (κ2) is 18.4. The smallest absolute Gasteiger partial charge is 0.417 e. The first-order valence-electron chi connectivity index (χ1n) is 14.7. The van der Waals surface area contributed by atoms with E-state index in [1.165, 1.54) is 37.7 Å². The van der Waals surface area contributed by atoms with Gasteiger partial charge in [0.05, 0.1) is 37.1 Å². The molecule has 232 valence electrons. The number of nitrogens with zero attached hydrogens (tertiary/aromatic N) is 2. The number of ether oxygens (including phenoxy) is 4. The quantitative estimate of drug-likeness (QED) is 0.284. The van der Waals surface area contributed by atoms with Crippen molar-refractivity contribution >= 4 is 12.0 Å². The SMILES string of the molecule is C#C.C1CCCOCC1.COC/C=C1\C(=C/COCc2ccccc2)C(=O)N2CCC[C@H]2C(O)N1C(=O)OC(C)(C)C. The van der Waals surface area contributed by atoms with Gasteiger partial charge in [0.2, 0.25) is 0 Å². The fraction of sp³-hybridized carbons (Fsp3) is 0.576. The number of rotatable bonds is 6. The molecule has 42 heavy (non-hydrogen) atoms. The van der Waals surface area contributed by atoms with Crippen LogP contribution in [-0.4, -0.2) is 84.9 Å². The summed E-state index contributed by atoms with van der Waals surface area (Å²) in [6.45, 7) is 8.50. The molecule has 2 amide bonds. The van der Waals surface area contributed by atoms with Gasteiger partial charge in [-0.25, -0.2) is 9.69 Å². The Labute approximate surface area is 251 Å². The van der Waals surface area contributed by atoms with Crippen LogP contribution in [0.4, 0.5) is 4.79 Å². The van der Waals surface area contributed by atoms with Crippen molar-refractivity contribution in [2.24, 2.45) is 0 Å². The summed E-state index contributed by atoms with van der Waals surface area (Å²) < 4.78 is 21.7. The number of aliphatic hydroxyl groups is 1. The highest BCUT2D eigenvalue weighted by molar-refractivity contribution is 5.99. The molecule has 2 atom stereocenters. The molecule has 0 aliphatic carbocycles. The van der Waals surface area contributed by atoms with E-state index < -0.39 is 24.0 Å². The highest BCUT2D eigenvalue weighted by Crippen LogP contribution is 2.34. The lowest BCUT2D eigenvalue weighted by Crippen LogP contribution is -2.50. The zero-order chi connectivity index (χ0) is 31.0. The van der Waals surface area contributed by atoms with Crippen LogP contribution in [0.1, 0.15) is 64.9 Å². The molecule has 0 saturated carbocycles. The summed E-state index contributed by atoms with van der Waals surface area (Å²) in [4.78, 5) is 29.5. The lowest BCUT2D eigenvalue weighted by atomic mass is 10.1. The number of terminal acetylenes is 1. The predicted molar refractivity (Wildman–Crippen MR) is 162 cm³/mol. The summed E-state index contributed by atoms with van der Waals surface area (Å²) in [6, 6.07) is 9.22. The molecule has 3 aliphatic rings. The average molecular weight is 585 g/mol. The van der Waals surface area contributed by atoms with E-state index in [4.69, 9.17) is 18.9 Å². The number of methoxy groups -OCH3 is 1. The molecular formula is C33H48N2O7. The molecule has 1 N–H and O–H groups in total. The number of hydrogen-bond donors (Lipinski definition) is 1.